The van der Waals surface area contributed by atoms with E-state index in [1.165, 1.54) is 0 Å². The van der Waals surface area contributed by atoms with Crippen LogP contribution in [-0.4, -0.2) is 6.21 Å². The summed E-state index contributed by atoms with van der Waals surface area (Å²) in [4.78, 5) is 4.06. The molecule has 0 aromatic heterocycles. The quantitative estimate of drug-likeness (QED) is 0.505. The fraction of sp³-hybridized carbons (Fsp3) is 0.700. The van der Waals surface area contributed by atoms with Gasteiger partial charge in [-0.25, -0.2) is 0 Å². The molecule has 0 N–H and O–H groups in total. The fourth-order valence-corrected chi connectivity index (χ4v) is 0.877. The van der Waals surface area contributed by atoms with Gasteiger partial charge in [0.05, 0.1) is 0 Å². The Kier molecular flexibility index (Phi) is 4.84. The maximum Gasteiger partial charge on any atom is 0.0224 e. The highest BCUT2D eigenvalue weighted by molar-refractivity contribution is 5.59. The summed E-state index contributed by atoms with van der Waals surface area (Å²) in [7, 11) is 0. The summed E-state index contributed by atoms with van der Waals surface area (Å²) in [5.41, 5.74) is 0.427. The van der Waals surface area contributed by atoms with E-state index in [9.17, 15) is 0 Å². The molecule has 1 rings (SSSR count). The van der Waals surface area contributed by atoms with Crippen LogP contribution in [0.25, 0.3) is 0 Å². The van der Waals surface area contributed by atoms with Gasteiger partial charge in [-0.05, 0) is 18.3 Å². The molecule has 0 aliphatic carbocycles. The van der Waals surface area contributed by atoms with Crippen LogP contribution in [0, 0.1) is 5.41 Å². The second kappa shape index (κ2) is 5.11. The summed E-state index contributed by atoms with van der Waals surface area (Å²) in [6, 6.07) is 0. The maximum absolute atomic E-state index is 4.06. The number of rotatable bonds is 0. The van der Waals surface area contributed by atoms with Crippen LogP contribution in [0.5, 0.6) is 0 Å². The van der Waals surface area contributed by atoms with Crippen molar-refractivity contribution in [2.24, 2.45) is 10.4 Å². The van der Waals surface area contributed by atoms with E-state index in [1.807, 2.05) is 26.3 Å². The standard InChI is InChI=1S/C8H13N.C2H6/c1-8(2)4-3-6-9-7-5-8;1-2/h3,6-7H,4-5H2,1-2H3;1-2H3. The Morgan fingerprint density at radius 3 is 2.45 bits per heavy atom. The third-order valence-electron chi connectivity index (χ3n) is 1.61. The van der Waals surface area contributed by atoms with E-state index in [0.29, 0.717) is 5.41 Å². The van der Waals surface area contributed by atoms with Gasteiger partial charge in [-0.2, -0.15) is 0 Å². The molecule has 0 spiro atoms. The molecule has 64 valence electrons. The second-order valence-electron chi connectivity index (χ2n) is 3.29. The molecule has 0 fully saturated rings. The smallest absolute Gasteiger partial charge is 0.0224 e. The van der Waals surface area contributed by atoms with E-state index in [-0.39, 0.29) is 0 Å². The minimum atomic E-state index is 0.427. The summed E-state index contributed by atoms with van der Waals surface area (Å²) in [6.07, 6.45) is 8.24. The lowest BCUT2D eigenvalue weighted by Gasteiger charge is -2.18. The van der Waals surface area contributed by atoms with Gasteiger partial charge in [0.15, 0.2) is 0 Å². The highest BCUT2D eigenvalue weighted by Crippen LogP contribution is 2.25. The molecular weight excluding hydrogens is 134 g/mol. The molecule has 1 heteroatoms. The van der Waals surface area contributed by atoms with Crippen molar-refractivity contribution in [2.75, 3.05) is 0 Å². The van der Waals surface area contributed by atoms with Crippen LogP contribution in [0.2, 0.25) is 0 Å². The van der Waals surface area contributed by atoms with Gasteiger partial charge in [0.1, 0.15) is 0 Å². The third-order valence-corrected chi connectivity index (χ3v) is 1.61. The Balaban J connectivity index is 0.000000461. The zero-order valence-electron chi connectivity index (χ0n) is 8.09. The first-order chi connectivity index (χ1) is 5.21. The van der Waals surface area contributed by atoms with E-state index < -0.39 is 0 Å². The molecular formula is C10H19N. The third kappa shape index (κ3) is 4.77. The van der Waals surface area contributed by atoms with Crippen molar-refractivity contribution in [2.45, 2.75) is 40.5 Å². The lowest BCUT2D eigenvalue weighted by Crippen LogP contribution is -2.08. The van der Waals surface area contributed by atoms with Crippen molar-refractivity contribution in [1.29, 1.82) is 0 Å². The fourth-order valence-electron chi connectivity index (χ4n) is 0.877. The van der Waals surface area contributed by atoms with Gasteiger partial charge in [-0.3, -0.25) is 4.99 Å². The molecule has 0 saturated carbocycles. The van der Waals surface area contributed by atoms with Crippen LogP contribution in [0.15, 0.2) is 17.3 Å². The second-order valence-corrected chi connectivity index (χ2v) is 3.29. The average molecular weight is 153 g/mol. The molecule has 0 radical (unpaired) electrons. The zero-order valence-corrected chi connectivity index (χ0v) is 8.09. The number of aliphatic imine (C=N–C) groups is 1. The van der Waals surface area contributed by atoms with E-state index >= 15 is 0 Å². The molecule has 0 bridgehead atoms. The van der Waals surface area contributed by atoms with Gasteiger partial charge in [0.25, 0.3) is 0 Å². The highest BCUT2D eigenvalue weighted by Gasteiger charge is 2.14. The van der Waals surface area contributed by atoms with Crippen LogP contribution < -0.4 is 0 Å². The summed E-state index contributed by atoms with van der Waals surface area (Å²) < 4.78 is 0. The lowest BCUT2D eigenvalue weighted by atomic mass is 9.87. The lowest BCUT2D eigenvalue weighted by molar-refractivity contribution is 0.394. The normalized spacial score (nSPS) is 20.0. The largest absolute Gasteiger partial charge is 0.269 e. The van der Waals surface area contributed by atoms with Gasteiger partial charge >= 0.3 is 0 Å². The van der Waals surface area contributed by atoms with Crippen molar-refractivity contribution in [3.05, 3.63) is 12.3 Å². The first-order valence-corrected chi connectivity index (χ1v) is 4.37. The van der Waals surface area contributed by atoms with E-state index in [2.05, 4.69) is 24.9 Å². The van der Waals surface area contributed by atoms with E-state index in [1.54, 1.807) is 0 Å². The van der Waals surface area contributed by atoms with Gasteiger partial charge in [-0.15, -0.1) is 0 Å². The van der Waals surface area contributed by atoms with Gasteiger partial charge in [0, 0.05) is 12.4 Å². The Morgan fingerprint density at radius 2 is 1.82 bits per heavy atom. The molecule has 1 heterocycles. The maximum atomic E-state index is 4.06. The van der Waals surface area contributed by atoms with Gasteiger partial charge in [0.2, 0.25) is 0 Å². The molecule has 0 amide bonds. The Hall–Kier alpha value is -0.590. The van der Waals surface area contributed by atoms with Crippen molar-refractivity contribution < 1.29 is 0 Å². The van der Waals surface area contributed by atoms with Crippen molar-refractivity contribution >= 4 is 6.21 Å². The summed E-state index contributed by atoms with van der Waals surface area (Å²) in [5, 5.41) is 0. The number of hydrogen-bond acceptors (Lipinski definition) is 1. The molecule has 0 saturated heterocycles. The molecule has 0 unspecified atom stereocenters. The Labute approximate surface area is 70.2 Å². The first-order valence-electron chi connectivity index (χ1n) is 4.37. The van der Waals surface area contributed by atoms with Crippen LogP contribution in [0.4, 0.5) is 0 Å². The van der Waals surface area contributed by atoms with Crippen LogP contribution in [0.3, 0.4) is 0 Å². The van der Waals surface area contributed by atoms with Crippen LogP contribution in [-0.2, 0) is 0 Å². The predicted octanol–water partition coefficient (Wildman–Crippen LogP) is 3.42. The van der Waals surface area contributed by atoms with Gasteiger partial charge < -0.3 is 0 Å². The minimum absolute atomic E-state index is 0.427. The molecule has 1 aliphatic heterocycles. The number of nitrogens with zero attached hydrogens (tertiary/aromatic N) is 1. The molecule has 1 nitrogen and oxygen atoms in total. The summed E-state index contributed by atoms with van der Waals surface area (Å²) in [6.45, 7) is 8.52. The van der Waals surface area contributed by atoms with Crippen LogP contribution in [0.1, 0.15) is 40.5 Å². The number of hydrogen-bond donors (Lipinski definition) is 0. The average Bonchev–Trinajstić information content (AvgIpc) is 2.17. The van der Waals surface area contributed by atoms with Crippen molar-refractivity contribution in [1.82, 2.24) is 0 Å². The molecule has 0 aromatic carbocycles. The highest BCUT2D eigenvalue weighted by atomic mass is 14.7. The summed E-state index contributed by atoms with van der Waals surface area (Å²) >= 11 is 0. The summed E-state index contributed by atoms with van der Waals surface area (Å²) in [5.74, 6) is 0. The zero-order chi connectivity index (χ0) is 8.74. The molecule has 0 atom stereocenters. The first kappa shape index (κ1) is 10.4. The molecule has 0 aromatic rings. The SMILES string of the molecule is CC.CC1(C)CC=CN=CC1. The monoisotopic (exact) mass is 153 g/mol. The Bertz CT molecular complexity index is 127. The predicted molar refractivity (Wildman–Crippen MR) is 52.0 cm³/mol. The van der Waals surface area contributed by atoms with Crippen LogP contribution >= 0.6 is 0 Å². The molecule has 11 heavy (non-hydrogen) atoms. The van der Waals surface area contributed by atoms with Gasteiger partial charge in [-0.1, -0.05) is 33.8 Å². The van der Waals surface area contributed by atoms with Crippen molar-refractivity contribution in [3.63, 3.8) is 0 Å². The van der Waals surface area contributed by atoms with Crippen molar-refractivity contribution in [3.8, 4) is 0 Å². The van der Waals surface area contributed by atoms with E-state index in [4.69, 9.17) is 0 Å². The Morgan fingerprint density at radius 1 is 1.18 bits per heavy atom. The molecule has 1 aliphatic rings. The number of allylic oxidation sites excluding steroid dienone is 1. The topological polar surface area (TPSA) is 12.4 Å². The van der Waals surface area contributed by atoms with E-state index in [0.717, 1.165) is 12.8 Å². The minimum Gasteiger partial charge on any atom is -0.269 e.